The molecular formula is C21H18N6O2. The van der Waals surface area contributed by atoms with Crippen molar-refractivity contribution in [2.24, 2.45) is 0 Å². The molecule has 0 unspecified atom stereocenters. The van der Waals surface area contributed by atoms with Gasteiger partial charge in [0.1, 0.15) is 6.33 Å². The van der Waals surface area contributed by atoms with E-state index in [1.807, 2.05) is 12.1 Å². The van der Waals surface area contributed by atoms with Crippen LogP contribution in [0.3, 0.4) is 0 Å². The van der Waals surface area contributed by atoms with E-state index in [4.69, 9.17) is 0 Å². The van der Waals surface area contributed by atoms with Crippen LogP contribution >= 0.6 is 0 Å². The third-order valence-electron chi connectivity index (χ3n) is 5.11. The number of anilines is 3. The SMILES string of the molecule is O=C1CCc2ccc(NC(=O)c3nc(C4CC4)cnc3Nc3cncnc3)cc21. The van der Waals surface area contributed by atoms with Crippen molar-refractivity contribution in [2.45, 2.75) is 31.6 Å². The molecule has 8 nitrogen and oxygen atoms in total. The molecule has 0 radical (unpaired) electrons. The van der Waals surface area contributed by atoms with Crippen LogP contribution in [0.4, 0.5) is 17.2 Å². The van der Waals surface area contributed by atoms with Crippen LogP contribution in [0, 0.1) is 0 Å². The Kier molecular flexibility index (Phi) is 4.23. The summed E-state index contributed by atoms with van der Waals surface area (Å²) in [5, 5.41) is 5.92. The monoisotopic (exact) mass is 386 g/mol. The third kappa shape index (κ3) is 3.56. The number of carbonyl (C=O) groups is 2. The number of hydrogen-bond acceptors (Lipinski definition) is 7. The van der Waals surface area contributed by atoms with E-state index in [9.17, 15) is 9.59 Å². The van der Waals surface area contributed by atoms with Gasteiger partial charge in [-0.05, 0) is 37.0 Å². The quantitative estimate of drug-likeness (QED) is 0.692. The topological polar surface area (TPSA) is 110 Å². The number of Topliss-reactive ketones (excluding diaryl/α,β-unsaturated/α-hetero) is 1. The molecule has 2 heterocycles. The molecule has 0 bridgehead atoms. The fourth-order valence-corrected chi connectivity index (χ4v) is 3.43. The van der Waals surface area contributed by atoms with Crippen LogP contribution in [-0.2, 0) is 6.42 Å². The Bertz CT molecular complexity index is 1110. The van der Waals surface area contributed by atoms with Crippen LogP contribution in [0.15, 0.2) is 43.1 Å². The number of ketones is 1. The van der Waals surface area contributed by atoms with E-state index in [1.54, 1.807) is 24.7 Å². The first-order valence-electron chi connectivity index (χ1n) is 9.54. The van der Waals surface area contributed by atoms with Gasteiger partial charge < -0.3 is 10.6 Å². The number of aromatic nitrogens is 4. The van der Waals surface area contributed by atoms with E-state index in [0.29, 0.717) is 35.1 Å². The molecule has 8 heteroatoms. The molecule has 2 aliphatic rings. The largest absolute Gasteiger partial charge is 0.336 e. The van der Waals surface area contributed by atoms with Crippen molar-refractivity contribution in [2.75, 3.05) is 10.6 Å². The highest BCUT2D eigenvalue weighted by atomic mass is 16.2. The number of amides is 1. The number of rotatable bonds is 5. The minimum atomic E-state index is -0.384. The van der Waals surface area contributed by atoms with Crippen molar-refractivity contribution in [3.63, 3.8) is 0 Å². The van der Waals surface area contributed by atoms with Gasteiger partial charge in [0.25, 0.3) is 5.91 Å². The lowest BCUT2D eigenvalue weighted by molar-refractivity contribution is 0.0991. The number of fused-ring (bicyclic) bond motifs is 1. The summed E-state index contributed by atoms with van der Waals surface area (Å²) in [7, 11) is 0. The molecule has 0 atom stereocenters. The van der Waals surface area contributed by atoms with Crippen molar-refractivity contribution >= 4 is 28.9 Å². The number of nitrogens with zero attached hydrogens (tertiary/aromatic N) is 4. The van der Waals surface area contributed by atoms with E-state index in [-0.39, 0.29) is 17.4 Å². The highest BCUT2D eigenvalue weighted by Crippen LogP contribution is 2.39. The summed E-state index contributed by atoms with van der Waals surface area (Å²) in [5.41, 5.74) is 3.89. The van der Waals surface area contributed by atoms with Crippen molar-refractivity contribution < 1.29 is 9.59 Å². The van der Waals surface area contributed by atoms with E-state index in [0.717, 1.165) is 30.5 Å². The summed E-state index contributed by atoms with van der Waals surface area (Å²) >= 11 is 0. The summed E-state index contributed by atoms with van der Waals surface area (Å²) < 4.78 is 0. The van der Waals surface area contributed by atoms with Gasteiger partial charge in [-0.3, -0.25) is 9.59 Å². The second-order valence-corrected chi connectivity index (χ2v) is 7.27. The molecule has 144 valence electrons. The zero-order chi connectivity index (χ0) is 19.8. The maximum Gasteiger partial charge on any atom is 0.278 e. The summed E-state index contributed by atoms with van der Waals surface area (Å²) in [6.45, 7) is 0. The van der Waals surface area contributed by atoms with Gasteiger partial charge in [-0.25, -0.2) is 19.9 Å². The van der Waals surface area contributed by atoms with Gasteiger partial charge in [0, 0.05) is 23.6 Å². The zero-order valence-electron chi connectivity index (χ0n) is 15.6. The molecular weight excluding hydrogens is 368 g/mol. The van der Waals surface area contributed by atoms with E-state index in [2.05, 4.69) is 30.6 Å². The Morgan fingerprint density at radius 3 is 2.66 bits per heavy atom. The Morgan fingerprint density at radius 1 is 1.03 bits per heavy atom. The van der Waals surface area contributed by atoms with Crippen LogP contribution in [0.5, 0.6) is 0 Å². The minimum absolute atomic E-state index is 0.109. The first-order chi connectivity index (χ1) is 14.2. The normalized spacial score (nSPS) is 15.1. The fourth-order valence-electron chi connectivity index (χ4n) is 3.43. The molecule has 1 amide bonds. The number of aryl methyl sites for hydroxylation is 1. The van der Waals surface area contributed by atoms with Gasteiger partial charge in [-0.2, -0.15) is 0 Å². The second-order valence-electron chi connectivity index (χ2n) is 7.27. The number of carbonyl (C=O) groups excluding carboxylic acids is 2. The molecule has 1 aromatic carbocycles. The van der Waals surface area contributed by atoms with Crippen molar-refractivity contribution in [1.82, 2.24) is 19.9 Å². The van der Waals surface area contributed by atoms with Crippen molar-refractivity contribution in [3.05, 3.63) is 65.6 Å². The minimum Gasteiger partial charge on any atom is -0.336 e. The van der Waals surface area contributed by atoms with Gasteiger partial charge in [-0.15, -0.1) is 0 Å². The van der Waals surface area contributed by atoms with Crippen LogP contribution < -0.4 is 10.6 Å². The van der Waals surface area contributed by atoms with E-state index < -0.39 is 0 Å². The highest BCUT2D eigenvalue weighted by Gasteiger charge is 2.28. The first kappa shape index (κ1) is 17.4. The van der Waals surface area contributed by atoms with Crippen LogP contribution in [-0.4, -0.2) is 31.6 Å². The smallest absolute Gasteiger partial charge is 0.278 e. The van der Waals surface area contributed by atoms with Gasteiger partial charge >= 0.3 is 0 Å². The number of hydrogen-bond donors (Lipinski definition) is 2. The third-order valence-corrected chi connectivity index (χ3v) is 5.11. The molecule has 2 N–H and O–H groups in total. The second kappa shape index (κ2) is 7.05. The standard InChI is InChI=1S/C21H18N6O2/c28-18-6-4-12-3-5-14(7-16(12)18)26-21(29)19-20(25-15-8-22-11-23-9-15)24-10-17(27-19)13-1-2-13/h3,5,7-11,13H,1-2,4,6H2,(H,24,25)(H,26,29). The summed E-state index contributed by atoms with van der Waals surface area (Å²) in [6.07, 6.45) is 9.71. The molecule has 0 spiro atoms. The Labute approximate surface area is 166 Å². The predicted octanol–water partition coefficient (Wildman–Crippen LogP) is 3.27. The maximum absolute atomic E-state index is 13.0. The number of benzene rings is 1. The van der Waals surface area contributed by atoms with Crippen molar-refractivity contribution in [3.8, 4) is 0 Å². The van der Waals surface area contributed by atoms with Gasteiger partial charge in [-0.1, -0.05) is 6.07 Å². The number of nitrogens with one attached hydrogen (secondary N) is 2. The Morgan fingerprint density at radius 2 is 1.86 bits per heavy atom. The molecule has 2 aliphatic carbocycles. The Hall–Kier alpha value is -3.68. The molecule has 1 saturated carbocycles. The van der Waals surface area contributed by atoms with Crippen molar-refractivity contribution in [1.29, 1.82) is 0 Å². The lowest BCUT2D eigenvalue weighted by atomic mass is 10.1. The van der Waals surface area contributed by atoms with Gasteiger partial charge in [0.05, 0.1) is 30.0 Å². The predicted molar refractivity (Wildman–Crippen MR) is 106 cm³/mol. The molecule has 29 heavy (non-hydrogen) atoms. The Balaban J connectivity index is 1.45. The summed E-state index contributed by atoms with van der Waals surface area (Å²) in [4.78, 5) is 42.0. The molecule has 0 aliphatic heterocycles. The van der Waals surface area contributed by atoms with Gasteiger partial charge in [0.15, 0.2) is 17.3 Å². The summed E-state index contributed by atoms with van der Waals surface area (Å²) in [5.74, 6) is 0.419. The van der Waals surface area contributed by atoms with E-state index >= 15 is 0 Å². The molecule has 3 aromatic rings. The molecule has 2 aromatic heterocycles. The average Bonchev–Trinajstić information content (AvgIpc) is 3.53. The fraction of sp³-hybridized carbons (Fsp3) is 0.238. The lowest BCUT2D eigenvalue weighted by Gasteiger charge is -2.12. The van der Waals surface area contributed by atoms with Crippen LogP contribution in [0.25, 0.3) is 0 Å². The lowest BCUT2D eigenvalue weighted by Crippen LogP contribution is -2.18. The molecule has 0 saturated heterocycles. The van der Waals surface area contributed by atoms with Crippen LogP contribution in [0.2, 0.25) is 0 Å². The molecule has 1 fully saturated rings. The van der Waals surface area contributed by atoms with Gasteiger partial charge in [0.2, 0.25) is 0 Å². The van der Waals surface area contributed by atoms with E-state index in [1.165, 1.54) is 6.33 Å². The summed E-state index contributed by atoms with van der Waals surface area (Å²) in [6, 6.07) is 5.44. The molecule has 5 rings (SSSR count). The van der Waals surface area contributed by atoms with Crippen LogP contribution in [0.1, 0.15) is 57.3 Å². The highest BCUT2D eigenvalue weighted by molar-refractivity contribution is 6.07. The average molecular weight is 386 g/mol. The first-order valence-corrected chi connectivity index (χ1v) is 9.54. The maximum atomic E-state index is 13.0. The zero-order valence-corrected chi connectivity index (χ0v) is 15.6.